The summed E-state index contributed by atoms with van der Waals surface area (Å²) in [6.45, 7) is 0.574. The summed E-state index contributed by atoms with van der Waals surface area (Å²) < 4.78 is 0. The van der Waals surface area contributed by atoms with Crippen LogP contribution in [-0.4, -0.2) is 0 Å². The molecule has 0 saturated carbocycles. The van der Waals surface area contributed by atoms with Crippen LogP contribution in [0, 0.1) is 0 Å². The molecule has 0 aliphatic carbocycles. The Bertz CT molecular complexity index is 198. The Morgan fingerprint density at radius 2 is 2.22 bits per heavy atom. The highest BCUT2D eigenvalue weighted by Crippen LogP contribution is 2.07. The minimum atomic E-state index is 0.574. The Kier molecular flexibility index (Phi) is 2.03. The second-order valence-electron chi connectivity index (χ2n) is 1.85. The zero-order valence-corrected chi connectivity index (χ0v) is 5.82. The Morgan fingerprint density at radius 3 is 2.67 bits per heavy atom. The fourth-order valence-corrected chi connectivity index (χ4v) is 0.902. The Labute approximate surface area is 60.3 Å². The van der Waals surface area contributed by atoms with Gasteiger partial charge in [0.15, 0.2) is 0 Å². The van der Waals surface area contributed by atoms with Crippen molar-refractivity contribution in [1.29, 1.82) is 0 Å². The lowest BCUT2D eigenvalue weighted by atomic mass is 10.2. The van der Waals surface area contributed by atoms with E-state index in [1.54, 1.807) is 0 Å². The van der Waals surface area contributed by atoms with Gasteiger partial charge in [0.25, 0.3) is 0 Å². The molecule has 0 bridgehead atoms. The molecule has 0 aliphatic rings. The largest absolute Gasteiger partial charge is 0.326 e. The Balaban J connectivity index is 2.94. The maximum absolute atomic E-state index is 5.37. The predicted octanol–water partition coefficient (Wildman–Crippen LogP) is 1.70. The van der Waals surface area contributed by atoms with Gasteiger partial charge in [0.05, 0.1) is 0 Å². The summed E-state index contributed by atoms with van der Waals surface area (Å²) in [6, 6.07) is 7.68. The molecule has 9 heavy (non-hydrogen) atoms. The Morgan fingerprint density at radius 1 is 1.44 bits per heavy atom. The van der Waals surface area contributed by atoms with Crippen molar-refractivity contribution in [2.75, 3.05) is 0 Å². The molecule has 1 nitrogen and oxygen atoms in total. The van der Waals surface area contributed by atoms with Crippen LogP contribution in [0.25, 0.3) is 0 Å². The van der Waals surface area contributed by atoms with Gasteiger partial charge in [0.1, 0.15) is 0 Å². The summed E-state index contributed by atoms with van der Waals surface area (Å²) in [4.78, 5) is 0.859. The molecule has 1 rings (SSSR count). The van der Waals surface area contributed by atoms with Crippen molar-refractivity contribution in [3.63, 3.8) is 0 Å². The van der Waals surface area contributed by atoms with Crippen LogP contribution in [0.15, 0.2) is 29.2 Å². The van der Waals surface area contributed by atoms with Crippen LogP contribution in [0.3, 0.4) is 0 Å². The molecule has 0 fully saturated rings. The summed E-state index contributed by atoms with van der Waals surface area (Å²) in [5.41, 5.74) is 6.47. The van der Waals surface area contributed by atoms with Gasteiger partial charge in [0.2, 0.25) is 0 Å². The fraction of sp³-hybridized carbons (Fsp3) is 0.143. The van der Waals surface area contributed by atoms with Gasteiger partial charge in [-0.15, -0.1) is 0 Å². The molecule has 0 aromatic heterocycles. The summed E-state index contributed by atoms with van der Waals surface area (Å²) >= 11 is 4.91. The van der Waals surface area contributed by atoms with Crippen LogP contribution >= 0.6 is 12.6 Å². The van der Waals surface area contributed by atoms with E-state index in [0.717, 1.165) is 10.5 Å². The number of hydrogen-bond donors (Lipinski definition) is 1. The van der Waals surface area contributed by atoms with Crippen molar-refractivity contribution < 1.29 is 0 Å². The lowest BCUT2D eigenvalue weighted by molar-refractivity contribution is 1.06. The van der Waals surface area contributed by atoms with Crippen molar-refractivity contribution in [1.82, 2.24) is 0 Å². The molecule has 1 radical (unpaired) electrons. The van der Waals surface area contributed by atoms with Crippen molar-refractivity contribution >= 4 is 12.6 Å². The molecule has 1 aromatic carbocycles. The predicted molar refractivity (Wildman–Crippen MR) is 40.2 cm³/mol. The minimum absolute atomic E-state index is 0.574. The van der Waals surface area contributed by atoms with E-state index in [-0.39, 0.29) is 0 Å². The smallest absolute Gasteiger partial charge is 0.0380 e. The van der Waals surface area contributed by atoms with E-state index < -0.39 is 0 Å². The van der Waals surface area contributed by atoms with Gasteiger partial charge in [0, 0.05) is 11.4 Å². The van der Waals surface area contributed by atoms with Gasteiger partial charge >= 0.3 is 0 Å². The van der Waals surface area contributed by atoms with E-state index >= 15 is 0 Å². The average Bonchev–Trinajstić information content (AvgIpc) is 1.88. The van der Waals surface area contributed by atoms with E-state index in [2.05, 4.69) is 0 Å². The molecular weight excluding hydrogens is 130 g/mol. The molecular formula is C7H8NS. The highest BCUT2D eigenvalue weighted by atomic mass is 32.1. The number of benzene rings is 1. The summed E-state index contributed by atoms with van der Waals surface area (Å²) in [7, 11) is 0. The van der Waals surface area contributed by atoms with Crippen LogP contribution in [0.5, 0.6) is 0 Å². The molecule has 2 N–H and O–H groups in total. The number of nitrogens with two attached hydrogens (primary N) is 1. The molecule has 2 heteroatoms. The molecule has 0 heterocycles. The molecule has 1 aromatic rings. The highest BCUT2D eigenvalue weighted by Gasteiger charge is 1.87. The van der Waals surface area contributed by atoms with Gasteiger partial charge in [-0.1, -0.05) is 24.8 Å². The standard InChI is InChI=1S/C7H8NS/c8-5-6-2-1-3-7(9)4-6/h1-4H,5,8H2. The normalized spacial score (nSPS) is 9.44. The quantitative estimate of drug-likeness (QED) is 0.628. The first-order chi connectivity index (χ1) is 4.33. The lowest BCUT2D eigenvalue weighted by Crippen LogP contribution is -1.94. The van der Waals surface area contributed by atoms with Crippen LogP contribution in [0.2, 0.25) is 0 Å². The molecule has 0 atom stereocenters. The summed E-state index contributed by atoms with van der Waals surface area (Å²) in [5, 5.41) is 0. The first-order valence-electron chi connectivity index (χ1n) is 2.79. The van der Waals surface area contributed by atoms with E-state index in [9.17, 15) is 0 Å². The van der Waals surface area contributed by atoms with Gasteiger partial charge < -0.3 is 5.73 Å². The highest BCUT2D eigenvalue weighted by molar-refractivity contribution is 7.80. The molecule has 0 aliphatic heterocycles. The van der Waals surface area contributed by atoms with E-state index in [0.29, 0.717) is 6.54 Å². The Hall–Kier alpha value is -0.600. The monoisotopic (exact) mass is 138 g/mol. The average molecular weight is 138 g/mol. The molecule has 0 saturated heterocycles. The van der Waals surface area contributed by atoms with Crippen LogP contribution in [0.4, 0.5) is 0 Å². The SMILES string of the molecule is NCc1cccc([S])c1. The van der Waals surface area contributed by atoms with Crippen LogP contribution < -0.4 is 5.73 Å². The third kappa shape index (κ3) is 1.66. The molecule has 0 unspecified atom stereocenters. The second-order valence-corrected chi connectivity index (χ2v) is 2.32. The zero-order chi connectivity index (χ0) is 6.69. The second kappa shape index (κ2) is 2.80. The lowest BCUT2D eigenvalue weighted by Gasteiger charge is -1.93. The van der Waals surface area contributed by atoms with E-state index in [4.69, 9.17) is 18.4 Å². The third-order valence-corrected chi connectivity index (χ3v) is 1.39. The van der Waals surface area contributed by atoms with Gasteiger partial charge in [-0.25, -0.2) is 0 Å². The number of rotatable bonds is 1. The zero-order valence-electron chi connectivity index (χ0n) is 5.00. The van der Waals surface area contributed by atoms with Crippen molar-refractivity contribution in [2.24, 2.45) is 5.73 Å². The van der Waals surface area contributed by atoms with Gasteiger partial charge in [-0.05, 0) is 17.7 Å². The van der Waals surface area contributed by atoms with Crippen molar-refractivity contribution in [3.05, 3.63) is 29.8 Å². The topological polar surface area (TPSA) is 26.0 Å². The van der Waals surface area contributed by atoms with Crippen molar-refractivity contribution in [2.45, 2.75) is 11.4 Å². The van der Waals surface area contributed by atoms with E-state index in [1.165, 1.54) is 0 Å². The minimum Gasteiger partial charge on any atom is -0.326 e. The van der Waals surface area contributed by atoms with Gasteiger partial charge in [-0.3, -0.25) is 0 Å². The maximum Gasteiger partial charge on any atom is 0.0380 e. The molecule has 47 valence electrons. The maximum atomic E-state index is 5.37. The van der Waals surface area contributed by atoms with Crippen molar-refractivity contribution in [3.8, 4) is 0 Å². The first kappa shape index (κ1) is 6.52. The first-order valence-corrected chi connectivity index (χ1v) is 3.20. The van der Waals surface area contributed by atoms with Gasteiger partial charge in [-0.2, -0.15) is 0 Å². The fourth-order valence-electron chi connectivity index (χ4n) is 0.672. The summed E-state index contributed by atoms with van der Waals surface area (Å²) in [6.07, 6.45) is 0. The van der Waals surface area contributed by atoms with Crippen LogP contribution in [0.1, 0.15) is 5.56 Å². The molecule has 0 amide bonds. The van der Waals surface area contributed by atoms with Crippen LogP contribution in [-0.2, 0) is 6.54 Å². The molecule has 0 spiro atoms. The number of hydrogen-bond acceptors (Lipinski definition) is 1. The van der Waals surface area contributed by atoms with E-state index in [1.807, 2.05) is 24.3 Å². The third-order valence-electron chi connectivity index (χ3n) is 1.13. The summed E-state index contributed by atoms with van der Waals surface area (Å²) in [5.74, 6) is 0.